The molecule has 0 atom stereocenters. The van der Waals surface area contributed by atoms with Crippen LogP contribution in [0, 0.1) is 5.82 Å². The van der Waals surface area contributed by atoms with Crippen molar-refractivity contribution < 1.29 is 14.3 Å². The maximum Gasteiger partial charge on any atom is 0.256 e. The molecule has 0 unspecified atom stereocenters. The lowest BCUT2D eigenvalue weighted by atomic mass is 10.1. The highest BCUT2D eigenvalue weighted by Gasteiger charge is 2.22. The predicted molar refractivity (Wildman–Crippen MR) is 74.1 cm³/mol. The normalized spacial score (nSPS) is 17.0. The van der Waals surface area contributed by atoms with E-state index in [0.717, 1.165) is 32.1 Å². The highest BCUT2D eigenvalue weighted by molar-refractivity contribution is 5.94. The zero-order valence-electron chi connectivity index (χ0n) is 11.4. The number of hydrogen-bond acceptors (Lipinski definition) is 4. The number of rotatable bonds is 3. The molecular formula is C14H20FN3O2. The van der Waals surface area contributed by atoms with Crippen LogP contribution in [-0.2, 0) is 0 Å². The molecule has 1 aliphatic rings. The molecule has 0 radical (unpaired) electrons. The Kier molecular flexibility index (Phi) is 4.92. The Bertz CT molecular complexity index is 481. The van der Waals surface area contributed by atoms with Crippen LogP contribution < -0.4 is 5.73 Å². The first kappa shape index (κ1) is 14.7. The van der Waals surface area contributed by atoms with Crippen LogP contribution in [0.25, 0.3) is 0 Å². The van der Waals surface area contributed by atoms with Gasteiger partial charge < -0.3 is 20.6 Å². The van der Waals surface area contributed by atoms with Gasteiger partial charge in [0.05, 0.1) is 5.56 Å². The van der Waals surface area contributed by atoms with Crippen LogP contribution in [0.15, 0.2) is 18.2 Å². The second kappa shape index (κ2) is 6.67. The topological polar surface area (TPSA) is 69.8 Å². The summed E-state index contributed by atoms with van der Waals surface area (Å²) in [6.07, 6.45) is 0.853. The first-order valence-electron chi connectivity index (χ1n) is 6.82. The lowest BCUT2D eigenvalue weighted by Gasteiger charge is -2.22. The molecule has 1 amide bonds. The first-order chi connectivity index (χ1) is 9.61. The van der Waals surface area contributed by atoms with E-state index in [1.807, 2.05) is 0 Å². The Morgan fingerprint density at radius 1 is 1.30 bits per heavy atom. The number of phenols is 1. The molecule has 3 N–H and O–H groups in total. The van der Waals surface area contributed by atoms with Gasteiger partial charge in [-0.05, 0) is 25.1 Å². The van der Waals surface area contributed by atoms with Gasteiger partial charge in [0.25, 0.3) is 5.91 Å². The lowest BCUT2D eigenvalue weighted by Crippen LogP contribution is -2.36. The largest absolute Gasteiger partial charge is 0.508 e. The Hall–Kier alpha value is -1.66. The average molecular weight is 281 g/mol. The number of halogens is 1. The molecule has 1 heterocycles. The number of carbonyl (C=O) groups is 1. The molecule has 20 heavy (non-hydrogen) atoms. The molecule has 6 heteroatoms. The number of phenolic OH excluding ortho intramolecular Hbond substituents is 1. The lowest BCUT2D eigenvalue weighted by molar-refractivity contribution is 0.0757. The molecule has 1 aromatic rings. The molecule has 110 valence electrons. The van der Waals surface area contributed by atoms with Crippen LogP contribution in [0.3, 0.4) is 0 Å². The van der Waals surface area contributed by atoms with Gasteiger partial charge in [-0.3, -0.25) is 4.79 Å². The predicted octanol–water partition coefficient (Wildman–Crippen LogP) is 0.638. The standard InChI is InChI=1S/C14H20FN3O2/c15-13-10-11(19)2-3-12(13)14(20)18-6-1-5-17(7-4-16)8-9-18/h2-3,10,19H,1,4-9,16H2. The van der Waals surface area contributed by atoms with Crippen LogP contribution in [-0.4, -0.2) is 60.1 Å². The zero-order chi connectivity index (χ0) is 14.5. The molecule has 1 aliphatic heterocycles. The van der Waals surface area contributed by atoms with E-state index < -0.39 is 5.82 Å². The SMILES string of the molecule is NCCN1CCCN(C(=O)c2ccc(O)cc2F)CC1. The van der Waals surface area contributed by atoms with Gasteiger partial charge in [0, 0.05) is 38.8 Å². The fraction of sp³-hybridized carbons (Fsp3) is 0.500. The van der Waals surface area contributed by atoms with E-state index in [-0.39, 0.29) is 17.2 Å². The summed E-state index contributed by atoms with van der Waals surface area (Å²) >= 11 is 0. The van der Waals surface area contributed by atoms with Crippen molar-refractivity contribution in [2.24, 2.45) is 5.73 Å². The van der Waals surface area contributed by atoms with Crippen molar-refractivity contribution in [3.8, 4) is 5.75 Å². The molecule has 2 rings (SSSR count). The van der Waals surface area contributed by atoms with E-state index in [2.05, 4.69) is 4.90 Å². The molecule has 0 bridgehead atoms. The summed E-state index contributed by atoms with van der Waals surface area (Å²) in [5, 5.41) is 9.18. The van der Waals surface area contributed by atoms with Crippen molar-refractivity contribution in [1.29, 1.82) is 0 Å². The van der Waals surface area contributed by atoms with Crippen molar-refractivity contribution in [3.63, 3.8) is 0 Å². The van der Waals surface area contributed by atoms with Crippen LogP contribution >= 0.6 is 0 Å². The molecule has 1 aromatic carbocycles. The molecule has 1 saturated heterocycles. The van der Waals surface area contributed by atoms with Gasteiger partial charge in [0.1, 0.15) is 11.6 Å². The second-order valence-electron chi connectivity index (χ2n) is 4.94. The van der Waals surface area contributed by atoms with Crippen molar-refractivity contribution in [2.45, 2.75) is 6.42 Å². The Morgan fingerprint density at radius 2 is 2.10 bits per heavy atom. The van der Waals surface area contributed by atoms with E-state index in [4.69, 9.17) is 5.73 Å². The summed E-state index contributed by atoms with van der Waals surface area (Å²) in [6, 6.07) is 3.62. The van der Waals surface area contributed by atoms with Gasteiger partial charge in [0.2, 0.25) is 0 Å². The minimum absolute atomic E-state index is 0.00933. The minimum Gasteiger partial charge on any atom is -0.508 e. The number of carbonyl (C=O) groups excluding carboxylic acids is 1. The quantitative estimate of drug-likeness (QED) is 0.853. The fourth-order valence-electron chi connectivity index (χ4n) is 2.43. The third-order valence-electron chi connectivity index (χ3n) is 3.50. The van der Waals surface area contributed by atoms with Gasteiger partial charge >= 0.3 is 0 Å². The molecule has 5 nitrogen and oxygen atoms in total. The maximum atomic E-state index is 13.7. The van der Waals surface area contributed by atoms with E-state index in [1.54, 1.807) is 4.90 Å². The smallest absolute Gasteiger partial charge is 0.256 e. The number of nitrogens with zero attached hydrogens (tertiary/aromatic N) is 2. The van der Waals surface area contributed by atoms with Gasteiger partial charge in [-0.2, -0.15) is 0 Å². The van der Waals surface area contributed by atoms with E-state index >= 15 is 0 Å². The average Bonchev–Trinajstić information content (AvgIpc) is 2.64. The third-order valence-corrected chi connectivity index (χ3v) is 3.50. The van der Waals surface area contributed by atoms with Crippen molar-refractivity contribution >= 4 is 5.91 Å². The maximum absolute atomic E-state index is 13.7. The van der Waals surface area contributed by atoms with Gasteiger partial charge in [-0.15, -0.1) is 0 Å². The summed E-state index contributed by atoms with van der Waals surface area (Å²) in [6.45, 7) is 4.25. The highest BCUT2D eigenvalue weighted by atomic mass is 19.1. The Balaban J connectivity index is 2.05. The van der Waals surface area contributed by atoms with Gasteiger partial charge in [-0.1, -0.05) is 0 Å². The van der Waals surface area contributed by atoms with Crippen LogP contribution in [0.2, 0.25) is 0 Å². The molecular weight excluding hydrogens is 261 g/mol. The summed E-state index contributed by atoms with van der Waals surface area (Å²) in [7, 11) is 0. The van der Waals surface area contributed by atoms with E-state index in [9.17, 15) is 14.3 Å². The van der Waals surface area contributed by atoms with Gasteiger partial charge in [-0.25, -0.2) is 4.39 Å². The summed E-state index contributed by atoms with van der Waals surface area (Å²) in [5.41, 5.74) is 5.54. The fourth-order valence-corrected chi connectivity index (χ4v) is 2.43. The third kappa shape index (κ3) is 3.46. The molecule has 0 aliphatic carbocycles. The number of hydrogen-bond donors (Lipinski definition) is 2. The van der Waals surface area contributed by atoms with Crippen molar-refractivity contribution in [3.05, 3.63) is 29.6 Å². The summed E-state index contributed by atoms with van der Waals surface area (Å²) in [4.78, 5) is 16.2. The molecule has 0 spiro atoms. The Labute approximate surface area is 117 Å². The number of amides is 1. The molecule has 0 aromatic heterocycles. The second-order valence-corrected chi connectivity index (χ2v) is 4.94. The van der Waals surface area contributed by atoms with E-state index in [1.165, 1.54) is 12.1 Å². The monoisotopic (exact) mass is 281 g/mol. The summed E-state index contributed by atoms with van der Waals surface area (Å²) in [5.74, 6) is -1.18. The Morgan fingerprint density at radius 3 is 2.80 bits per heavy atom. The number of benzene rings is 1. The van der Waals surface area contributed by atoms with Gasteiger partial charge in [0.15, 0.2) is 0 Å². The summed E-state index contributed by atoms with van der Waals surface area (Å²) < 4.78 is 13.7. The number of aromatic hydroxyl groups is 1. The van der Waals surface area contributed by atoms with E-state index in [0.29, 0.717) is 19.6 Å². The van der Waals surface area contributed by atoms with Crippen LogP contribution in [0.4, 0.5) is 4.39 Å². The van der Waals surface area contributed by atoms with Crippen molar-refractivity contribution in [1.82, 2.24) is 9.80 Å². The molecule has 1 fully saturated rings. The first-order valence-corrected chi connectivity index (χ1v) is 6.82. The molecule has 0 saturated carbocycles. The zero-order valence-corrected chi connectivity index (χ0v) is 11.4. The highest BCUT2D eigenvalue weighted by Crippen LogP contribution is 2.17. The minimum atomic E-state index is -0.682. The van der Waals surface area contributed by atoms with Crippen LogP contribution in [0.5, 0.6) is 5.75 Å². The van der Waals surface area contributed by atoms with Crippen molar-refractivity contribution in [2.75, 3.05) is 39.3 Å². The number of nitrogens with two attached hydrogens (primary N) is 1. The van der Waals surface area contributed by atoms with Crippen LogP contribution in [0.1, 0.15) is 16.8 Å².